The van der Waals surface area contributed by atoms with Crippen LogP contribution in [0.1, 0.15) is 25.0 Å². The van der Waals surface area contributed by atoms with Gasteiger partial charge in [-0.2, -0.15) is 0 Å². The van der Waals surface area contributed by atoms with Gasteiger partial charge in [-0.3, -0.25) is 0 Å². The first-order chi connectivity index (χ1) is 14.0. The van der Waals surface area contributed by atoms with Crippen LogP contribution in [-0.2, 0) is 36.9 Å². The van der Waals surface area contributed by atoms with E-state index >= 15 is 0 Å². The number of ether oxygens (including phenoxy) is 5. The molecule has 2 aliphatic heterocycles. The molecule has 5 atom stereocenters. The maximum Gasteiger partial charge on any atom is 0.190 e. The lowest BCUT2D eigenvalue weighted by Crippen LogP contribution is -2.44. The van der Waals surface area contributed by atoms with Crippen molar-refractivity contribution in [3.8, 4) is 0 Å². The van der Waals surface area contributed by atoms with Gasteiger partial charge >= 0.3 is 0 Å². The molecule has 0 aromatic heterocycles. The molecule has 2 aromatic carbocycles. The van der Waals surface area contributed by atoms with Gasteiger partial charge in [0.15, 0.2) is 12.1 Å². The monoisotopic (exact) mass is 400 g/mol. The van der Waals surface area contributed by atoms with Crippen LogP contribution < -0.4 is 0 Å². The summed E-state index contributed by atoms with van der Waals surface area (Å²) in [6, 6.07) is 19.8. The Balaban J connectivity index is 1.40. The maximum absolute atomic E-state index is 10.8. The highest BCUT2D eigenvalue weighted by molar-refractivity contribution is 5.14. The number of rotatable bonds is 8. The van der Waals surface area contributed by atoms with E-state index in [1.807, 2.05) is 74.5 Å². The van der Waals surface area contributed by atoms with Gasteiger partial charge in [-0.1, -0.05) is 60.7 Å². The SMILES string of the molecule is CC1(C)O[C@H]2O[C@H]([C@@H](COCc3ccccc3)OCc3ccccc3)[C@H](O)[C@H]2O1. The van der Waals surface area contributed by atoms with Crippen LogP contribution in [0.5, 0.6) is 0 Å². The second kappa shape index (κ2) is 8.92. The minimum absolute atomic E-state index is 0.284. The molecule has 2 aliphatic rings. The van der Waals surface area contributed by atoms with E-state index in [9.17, 15) is 5.11 Å². The van der Waals surface area contributed by atoms with Crippen LogP contribution in [0.2, 0.25) is 0 Å². The minimum Gasteiger partial charge on any atom is -0.387 e. The molecular weight excluding hydrogens is 372 g/mol. The number of fused-ring (bicyclic) bond motifs is 1. The van der Waals surface area contributed by atoms with Crippen LogP contribution in [0, 0.1) is 0 Å². The third-order valence-electron chi connectivity index (χ3n) is 5.12. The molecule has 0 radical (unpaired) electrons. The topological polar surface area (TPSA) is 66.4 Å². The smallest absolute Gasteiger partial charge is 0.190 e. The van der Waals surface area contributed by atoms with E-state index in [1.165, 1.54) is 0 Å². The molecule has 2 aromatic rings. The minimum atomic E-state index is -0.858. The number of hydrogen-bond donors (Lipinski definition) is 1. The highest BCUT2D eigenvalue weighted by atomic mass is 16.8. The zero-order valence-electron chi connectivity index (χ0n) is 16.8. The zero-order chi connectivity index (χ0) is 20.3. The Morgan fingerprint density at radius 2 is 1.55 bits per heavy atom. The summed E-state index contributed by atoms with van der Waals surface area (Å²) in [4.78, 5) is 0. The van der Waals surface area contributed by atoms with Crippen LogP contribution in [0.25, 0.3) is 0 Å². The largest absolute Gasteiger partial charge is 0.387 e. The average molecular weight is 400 g/mol. The molecule has 0 amide bonds. The first-order valence-corrected chi connectivity index (χ1v) is 9.98. The van der Waals surface area contributed by atoms with Crippen molar-refractivity contribution in [2.24, 2.45) is 0 Å². The van der Waals surface area contributed by atoms with E-state index in [0.29, 0.717) is 13.2 Å². The first kappa shape index (κ1) is 20.5. The Morgan fingerprint density at radius 3 is 2.17 bits per heavy atom. The van der Waals surface area contributed by atoms with Gasteiger partial charge in [0.1, 0.15) is 24.4 Å². The van der Waals surface area contributed by atoms with Crippen molar-refractivity contribution in [1.82, 2.24) is 0 Å². The highest BCUT2D eigenvalue weighted by Crippen LogP contribution is 2.38. The lowest BCUT2D eigenvalue weighted by atomic mass is 10.1. The molecule has 0 spiro atoms. The van der Waals surface area contributed by atoms with E-state index in [4.69, 9.17) is 23.7 Å². The number of hydrogen-bond acceptors (Lipinski definition) is 6. The maximum atomic E-state index is 10.8. The molecule has 0 saturated carbocycles. The molecule has 4 rings (SSSR count). The van der Waals surface area contributed by atoms with E-state index < -0.39 is 36.5 Å². The summed E-state index contributed by atoms with van der Waals surface area (Å²) in [5, 5.41) is 10.8. The van der Waals surface area contributed by atoms with Gasteiger partial charge in [0.05, 0.1) is 19.8 Å². The molecule has 2 fully saturated rings. The molecule has 6 heteroatoms. The Morgan fingerprint density at radius 1 is 0.931 bits per heavy atom. The molecular formula is C23H28O6. The predicted octanol–water partition coefficient (Wildman–Crippen LogP) is 3.03. The normalized spacial score (nSPS) is 28.9. The van der Waals surface area contributed by atoms with Crippen molar-refractivity contribution >= 4 is 0 Å². The van der Waals surface area contributed by atoms with Crippen molar-refractivity contribution < 1.29 is 28.8 Å². The van der Waals surface area contributed by atoms with Crippen LogP contribution in [0.15, 0.2) is 60.7 Å². The lowest BCUT2D eigenvalue weighted by Gasteiger charge is -2.28. The highest BCUT2D eigenvalue weighted by Gasteiger charge is 2.56. The predicted molar refractivity (Wildman–Crippen MR) is 106 cm³/mol. The third kappa shape index (κ3) is 5.04. The second-order valence-corrected chi connectivity index (χ2v) is 7.90. The molecule has 2 saturated heterocycles. The van der Waals surface area contributed by atoms with Crippen LogP contribution in [-0.4, -0.2) is 48.2 Å². The van der Waals surface area contributed by atoms with Gasteiger partial charge in [0.2, 0.25) is 0 Å². The molecule has 0 unspecified atom stereocenters. The van der Waals surface area contributed by atoms with Crippen LogP contribution in [0.3, 0.4) is 0 Å². The van der Waals surface area contributed by atoms with Gasteiger partial charge < -0.3 is 28.8 Å². The summed E-state index contributed by atoms with van der Waals surface area (Å²) in [6.45, 7) is 4.76. The number of aliphatic hydroxyl groups excluding tert-OH is 1. The lowest BCUT2D eigenvalue weighted by molar-refractivity contribution is -0.233. The van der Waals surface area contributed by atoms with Crippen molar-refractivity contribution in [2.45, 2.75) is 63.6 Å². The summed E-state index contributed by atoms with van der Waals surface area (Å²) in [7, 11) is 0. The first-order valence-electron chi connectivity index (χ1n) is 9.98. The van der Waals surface area contributed by atoms with Gasteiger partial charge in [0, 0.05) is 0 Å². The van der Waals surface area contributed by atoms with Crippen LogP contribution in [0.4, 0.5) is 0 Å². The fourth-order valence-corrected chi connectivity index (χ4v) is 3.71. The van der Waals surface area contributed by atoms with Crippen molar-refractivity contribution in [2.75, 3.05) is 6.61 Å². The van der Waals surface area contributed by atoms with Crippen molar-refractivity contribution in [3.05, 3.63) is 71.8 Å². The molecule has 1 N–H and O–H groups in total. The van der Waals surface area contributed by atoms with Gasteiger partial charge in [0.25, 0.3) is 0 Å². The Kier molecular flexibility index (Phi) is 6.29. The van der Waals surface area contributed by atoms with Crippen molar-refractivity contribution in [1.29, 1.82) is 0 Å². The molecule has 0 aliphatic carbocycles. The Labute approximate surface area is 171 Å². The standard InChI is InChI=1S/C23H28O6/c1-23(2)28-21-19(24)20(27-22(21)29-23)18(26-14-17-11-7-4-8-12-17)15-25-13-16-9-5-3-6-10-16/h3-12,18-22,24H,13-15H2,1-2H3/t18-,19+,20-,21-,22-/m1/s1. The fraction of sp³-hybridized carbons (Fsp3) is 0.478. The van der Waals surface area contributed by atoms with E-state index in [1.54, 1.807) is 0 Å². The fourth-order valence-electron chi connectivity index (χ4n) is 3.71. The summed E-state index contributed by atoms with van der Waals surface area (Å²) in [6.07, 6.45) is -3.06. The molecule has 156 valence electrons. The summed E-state index contributed by atoms with van der Waals surface area (Å²) >= 11 is 0. The van der Waals surface area contributed by atoms with Gasteiger partial charge in [-0.05, 0) is 25.0 Å². The van der Waals surface area contributed by atoms with E-state index in [-0.39, 0.29) is 6.61 Å². The molecule has 6 nitrogen and oxygen atoms in total. The molecule has 0 bridgehead atoms. The third-order valence-corrected chi connectivity index (χ3v) is 5.12. The quantitative estimate of drug-likeness (QED) is 0.735. The summed E-state index contributed by atoms with van der Waals surface area (Å²) < 4.78 is 29.6. The Bertz CT molecular complexity index is 765. The van der Waals surface area contributed by atoms with Crippen molar-refractivity contribution in [3.63, 3.8) is 0 Å². The van der Waals surface area contributed by atoms with E-state index in [2.05, 4.69) is 0 Å². The van der Waals surface area contributed by atoms with E-state index in [0.717, 1.165) is 11.1 Å². The summed E-state index contributed by atoms with van der Waals surface area (Å²) in [5.41, 5.74) is 2.12. The van der Waals surface area contributed by atoms with Crippen LogP contribution >= 0.6 is 0 Å². The van der Waals surface area contributed by atoms with Gasteiger partial charge in [-0.15, -0.1) is 0 Å². The molecule has 2 heterocycles. The van der Waals surface area contributed by atoms with Gasteiger partial charge in [-0.25, -0.2) is 0 Å². The Hall–Kier alpha value is -1.80. The number of aliphatic hydroxyl groups is 1. The molecule has 29 heavy (non-hydrogen) atoms. The second-order valence-electron chi connectivity index (χ2n) is 7.90. The average Bonchev–Trinajstić information content (AvgIpc) is 3.18. The zero-order valence-corrected chi connectivity index (χ0v) is 16.8. The summed E-state index contributed by atoms with van der Waals surface area (Å²) in [5.74, 6) is -0.772. The number of benzene rings is 2.